The second kappa shape index (κ2) is 7.75. The van der Waals surface area contributed by atoms with Crippen LogP contribution in [0.2, 0.25) is 0 Å². The summed E-state index contributed by atoms with van der Waals surface area (Å²) in [6, 6.07) is -0.0908. The van der Waals surface area contributed by atoms with Gasteiger partial charge in [-0.1, -0.05) is 20.8 Å². The van der Waals surface area contributed by atoms with E-state index in [4.69, 9.17) is 4.74 Å². The predicted molar refractivity (Wildman–Crippen MR) is 79.7 cm³/mol. The fourth-order valence-electron chi connectivity index (χ4n) is 2.29. The van der Waals surface area contributed by atoms with Gasteiger partial charge in [0.05, 0.1) is 19.1 Å². The van der Waals surface area contributed by atoms with Crippen molar-refractivity contribution in [1.82, 2.24) is 10.2 Å². The monoisotopic (exact) mass is 300 g/mol. The molecule has 0 bridgehead atoms. The maximum absolute atomic E-state index is 12.0. The van der Waals surface area contributed by atoms with E-state index < -0.39 is 11.5 Å². The van der Waals surface area contributed by atoms with Gasteiger partial charge in [-0.15, -0.1) is 0 Å². The number of aliphatic hydroxyl groups is 1. The van der Waals surface area contributed by atoms with Crippen LogP contribution in [0.25, 0.3) is 0 Å². The van der Waals surface area contributed by atoms with Gasteiger partial charge < -0.3 is 20.1 Å². The number of hydrogen-bond donors (Lipinski definition) is 2. The second-order valence-electron chi connectivity index (χ2n) is 6.68. The first kappa shape index (κ1) is 17.9. The summed E-state index contributed by atoms with van der Waals surface area (Å²) in [4.78, 5) is 25.7. The number of β-amino-alcohol motifs (C(OH)–C–C–N with tert-alkyl or cyclic N) is 1. The number of amides is 2. The number of carbonyl (C=O) groups is 2. The third-order valence-electron chi connectivity index (χ3n) is 3.62. The number of likely N-dealkylation sites (tertiary alicyclic amines) is 1. The average Bonchev–Trinajstić information content (AvgIpc) is 2.56. The van der Waals surface area contributed by atoms with E-state index in [0.717, 1.165) is 0 Å². The Bertz CT molecular complexity index is 365. The molecule has 122 valence electrons. The molecular formula is C15H28N2O4. The van der Waals surface area contributed by atoms with E-state index in [0.29, 0.717) is 39.0 Å². The molecule has 1 rings (SSSR count). The Hall–Kier alpha value is -1.14. The lowest BCUT2D eigenvalue weighted by Crippen LogP contribution is -2.43. The summed E-state index contributed by atoms with van der Waals surface area (Å²) in [7, 11) is 1.56. The van der Waals surface area contributed by atoms with Crippen LogP contribution < -0.4 is 5.32 Å². The minimum atomic E-state index is -0.607. The molecule has 0 spiro atoms. The van der Waals surface area contributed by atoms with Crippen LogP contribution in [-0.4, -0.2) is 60.8 Å². The first-order valence-corrected chi connectivity index (χ1v) is 7.49. The summed E-state index contributed by atoms with van der Waals surface area (Å²) in [5, 5.41) is 13.0. The smallest absolute Gasteiger partial charge is 0.225 e. The van der Waals surface area contributed by atoms with Crippen LogP contribution in [0.4, 0.5) is 0 Å². The molecule has 2 N–H and O–H groups in total. The van der Waals surface area contributed by atoms with E-state index in [1.54, 1.807) is 12.0 Å². The van der Waals surface area contributed by atoms with Crippen molar-refractivity contribution in [3.63, 3.8) is 0 Å². The third-order valence-corrected chi connectivity index (χ3v) is 3.62. The van der Waals surface area contributed by atoms with E-state index >= 15 is 0 Å². The fraction of sp³-hybridized carbons (Fsp3) is 0.867. The number of hydrogen-bond acceptors (Lipinski definition) is 4. The topological polar surface area (TPSA) is 78.9 Å². The van der Waals surface area contributed by atoms with Crippen molar-refractivity contribution < 1.29 is 19.4 Å². The molecule has 0 aromatic rings. The lowest BCUT2D eigenvalue weighted by molar-refractivity contribution is -0.133. The van der Waals surface area contributed by atoms with Gasteiger partial charge in [-0.25, -0.2) is 0 Å². The first-order chi connectivity index (χ1) is 9.74. The largest absolute Gasteiger partial charge is 0.391 e. The number of rotatable bonds is 4. The SMILES string of the molecule is COCCC(=O)N1CC[C@H](NC(=O)C(C)(C)C)C[C@H](O)C1. The predicted octanol–water partition coefficient (Wildman–Crippen LogP) is 0.537. The number of carbonyl (C=O) groups excluding carboxylic acids is 2. The summed E-state index contributed by atoms with van der Waals surface area (Å²) in [6.07, 6.45) is 0.861. The minimum absolute atomic E-state index is 0.0151. The fourth-order valence-corrected chi connectivity index (χ4v) is 2.29. The highest BCUT2D eigenvalue weighted by molar-refractivity contribution is 5.81. The number of nitrogens with zero attached hydrogens (tertiary/aromatic N) is 1. The Morgan fingerprint density at radius 1 is 1.38 bits per heavy atom. The van der Waals surface area contributed by atoms with E-state index in [9.17, 15) is 14.7 Å². The van der Waals surface area contributed by atoms with Crippen molar-refractivity contribution in [1.29, 1.82) is 0 Å². The maximum Gasteiger partial charge on any atom is 0.225 e. The molecule has 0 aliphatic carbocycles. The number of ether oxygens (including phenoxy) is 1. The molecule has 1 aliphatic rings. The highest BCUT2D eigenvalue weighted by atomic mass is 16.5. The van der Waals surface area contributed by atoms with Crippen molar-refractivity contribution in [3.05, 3.63) is 0 Å². The molecule has 0 aromatic carbocycles. The molecule has 2 amide bonds. The molecule has 1 aliphatic heterocycles. The van der Waals surface area contributed by atoms with Gasteiger partial charge in [-0.05, 0) is 12.8 Å². The molecule has 21 heavy (non-hydrogen) atoms. The molecule has 2 atom stereocenters. The van der Waals surface area contributed by atoms with Gasteiger partial charge in [0.15, 0.2) is 0 Å². The minimum Gasteiger partial charge on any atom is -0.391 e. The molecule has 1 heterocycles. The van der Waals surface area contributed by atoms with Crippen molar-refractivity contribution in [3.8, 4) is 0 Å². The van der Waals surface area contributed by atoms with Crippen LogP contribution in [0.3, 0.4) is 0 Å². The van der Waals surface area contributed by atoms with Crippen LogP contribution in [0, 0.1) is 5.41 Å². The lowest BCUT2D eigenvalue weighted by Gasteiger charge is -2.24. The van der Waals surface area contributed by atoms with Crippen LogP contribution in [0.15, 0.2) is 0 Å². The van der Waals surface area contributed by atoms with Crippen LogP contribution in [-0.2, 0) is 14.3 Å². The molecule has 0 saturated carbocycles. The Labute approximate surface area is 126 Å². The zero-order chi connectivity index (χ0) is 16.0. The highest BCUT2D eigenvalue weighted by Crippen LogP contribution is 2.17. The first-order valence-electron chi connectivity index (χ1n) is 7.49. The van der Waals surface area contributed by atoms with Gasteiger partial charge >= 0.3 is 0 Å². The van der Waals surface area contributed by atoms with Crippen molar-refractivity contribution >= 4 is 11.8 Å². The van der Waals surface area contributed by atoms with E-state index in [-0.39, 0.29) is 17.9 Å². The second-order valence-corrected chi connectivity index (χ2v) is 6.68. The van der Waals surface area contributed by atoms with Crippen LogP contribution >= 0.6 is 0 Å². The molecule has 1 fully saturated rings. The quantitative estimate of drug-likeness (QED) is 0.794. The Kier molecular flexibility index (Phi) is 6.61. The van der Waals surface area contributed by atoms with Crippen molar-refractivity contribution in [2.24, 2.45) is 5.41 Å². The summed E-state index contributed by atoms with van der Waals surface area (Å²) >= 11 is 0. The molecule has 0 radical (unpaired) electrons. The summed E-state index contributed by atoms with van der Waals surface area (Å²) in [5.74, 6) is -0.0439. The zero-order valence-corrected chi connectivity index (χ0v) is 13.5. The molecule has 0 aromatic heterocycles. The molecule has 6 heteroatoms. The van der Waals surface area contributed by atoms with E-state index in [1.165, 1.54) is 0 Å². The third kappa shape index (κ3) is 6.01. The Morgan fingerprint density at radius 3 is 2.62 bits per heavy atom. The van der Waals surface area contributed by atoms with Gasteiger partial charge in [0, 0.05) is 31.7 Å². The Balaban J connectivity index is 2.56. The zero-order valence-electron chi connectivity index (χ0n) is 13.5. The summed E-state index contributed by atoms with van der Waals surface area (Å²) in [5.41, 5.74) is -0.453. The Morgan fingerprint density at radius 2 is 2.05 bits per heavy atom. The summed E-state index contributed by atoms with van der Waals surface area (Å²) < 4.78 is 4.91. The number of nitrogens with one attached hydrogen (secondary N) is 1. The molecule has 1 saturated heterocycles. The number of methoxy groups -OCH3 is 1. The van der Waals surface area contributed by atoms with Gasteiger partial charge in [0.1, 0.15) is 0 Å². The number of aliphatic hydroxyl groups excluding tert-OH is 1. The van der Waals surface area contributed by atoms with Gasteiger partial charge in [0.2, 0.25) is 11.8 Å². The van der Waals surface area contributed by atoms with Gasteiger partial charge in [0.25, 0.3) is 0 Å². The van der Waals surface area contributed by atoms with Gasteiger partial charge in [-0.2, -0.15) is 0 Å². The standard InChI is InChI=1S/C15H28N2O4/c1-15(2,3)14(20)16-11-5-7-17(10-12(18)9-11)13(19)6-8-21-4/h11-12,18H,5-10H2,1-4H3,(H,16,20)/t11-,12-/m0/s1. The van der Waals surface area contributed by atoms with E-state index in [1.807, 2.05) is 20.8 Å². The molecule has 0 unspecified atom stereocenters. The van der Waals surface area contributed by atoms with E-state index in [2.05, 4.69) is 5.32 Å². The summed E-state index contributed by atoms with van der Waals surface area (Å²) in [6.45, 7) is 6.83. The normalized spacial score (nSPS) is 23.6. The van der Waals surface area contributed by atoms with Crippen molar-refractivity contribution in [2.75, 3.05) is 26.8 Å². The van der Waals surface area contributed by atoms with Crippen molar-refractivity contribution in [2.45, 2.75) is 52.2 Å². The molecule has 6 nitrogen and oxygen atoms in total. The average molecular weight is 300 g/mol. The van der Waals surface area contributed by atoms with Crippen LogP contribution in [0.1, 0.15) is 40.0 Å². The lowest BCUT2D eigenvalue weighted by atomic mass is 9.94. The van der Waals surface area contributed by atoms with Gasteiger partial charge in [-0.3, -0.25) is 9.59 Å². The molecular weight excluding hydrogens is 272 g/mol. The highest BCUT2D eigenvalue weighted by Gasteiger charge is 2.29. The maximum atomic E-state index is 12.0. The van der Waals surface area contributed by atoms with Crippen LogP contribution in [0.5, 0.6) is 0 Å².